The van der Waals surface area contributed by atoms with Crippen molar-refractivity contribution in [2.24, 2.45) is 7.05 Å². The fourth-order valence-electron chi connectivity index (χ4n) is 4.26. The molecule has 0 atom stereocenters. The lowest BCUT2D eigenvalue weighted by molar-refractivity contribution is 0.0695. The number of halogens is 1. The molecule has 0 bridgehead atoms. The Morgan fingerprint density at radius 3 is 2.68 bits per heavy atom. The molecule has 0 unspecified atom stereocenters. The van der Waals surface area contributed by atoms with Gasteiger partial charge in [0.25, 0.3) is 0 Å². The quantitative estimate of drug-likeness (QED) is 0.482. The Hall–Kier alpha value is -3.64. The molecule has 0 spiro atoms. The minimum absolute atomic E-state index is 0.288. The maximum atomic E-state index is 11.6. The van der Waals surface area contributed by atoms with E-state index in [0.717, 1.165) is 39.1 Å². The molecule has 0 saturated carbocycles. The van der Waals surface area contributed by atoms with Crippen LogP contribution in [0.25, 0.3) is 22.6 Å². The first-order chi connectivity index (χ1) is 15.0. The van der Waals surface area contributed by atoms with Gasteiger partial charge in [-0.2, -0.15) is 5.10 Å². The van der Waals surface area contributed by atoms with Crippen molar-refractivity contribution in [1.29, 1.82) is 0 Å². The Labute approximate surface area is 184 Å². The molecule has 0 saturated heterocycles. The summed E-state index contributed by atoms with van der Waals surface area (Å²) in [6.45, 7) is 0. The normalized spacial score (nSPS) is 12.7. The first-order valence-corrected chi connectivity index (χ1v) is 10.2. The molecular formula is C24H19ClN4O2. The number of carboxylic acid groups (broad SMARTS) is 1. The standard InChI is InChI=1S/C24H19ClN4O2/c1-28(20-8-4-3-7-18(20)25)21-9-5-6-16-22(27-29(2)23(16)21)14-12-17-15(24(30)31)10-11-26-19(17)13-14/h3-11,13H,12H2,1-2H3,(H,30,31). The molecule has 154 valence electrons. The van der Waals surface area contributed by atoms with Crippen LogP contribution in [0.5, 0.6) is 0 Å². The van der Waals surface area contributed by atoms with Crippen LogP contribution in [0.2, 0.25) is 5.02 Å². The smallest absolute Gasteiger partial charge is 0.336 e. The molecule has 1 aliphatic carbocycles. The van der Waals surface area contributed by atoms with Gasteiger partial charge in [0.2, 0.25) is 0 Å². The third kappa shape index (κ3) is 3.07. The number of carboxylic acids is 1. The van der Waals surface area contributed by atoms with E-state index in [9.17, 15) is 9.90 Å². The van der Waals surface area contributed by atoms with E-state index in [4.69, 9.17) is 16.7 Å². The van der Waals surface area contributed by atoms with E-state index >= 15 is 0 Å². The SMILES string of the molecule is CN(c1ccccc1Cl)c1cccc2c(C3=Cc4nccc(C(=O)O)c4C3)nn(C)c12. The van der Waals surface area contributed by atoms with Crippen LogP contribution in [0, 0.1) is 0 Å². The minimum atomic E-state index is -0.942. The summed E-state index contributed by atoms with van der Waals surface area (Å²) in [5.74, 6) is -0.942. The molecule has 1 aliphatic rings. The second-order valence-corrected chi connectivity index (χ2v) is 7.94. The molecule has 7 heteroatoms. The van der Waals surface area contributed by atoms with Gasteiger partial charge in [-0.25, -0.2) is 4.79 Å². The summed E-state index contributed by atoms with van der Waals surface area (Å²) < 4.78 is 1.86. The molecule has 2 aromatic heterocycles. The van der Waals surface area contributed by atoms with Crippen LogP contribution in [-0.2, 0) is 13.5 Å². The van der Waals surface area contributed by atoms with Gasteiger partial charge in [0.05, 0.1) is 38.9 Å². The Morgan fingerprint density at radius 1 is 1.13 bits per heavy atom. The number of aromatic carboxylic acids is 1. The molecule has 31 heavy (non-hydrogen) atoms. The summed E-state index contributed by atoms with van der Waals surface area (Å²) in [6, 6.07) is 15.3. The molecular weight excluding hydrogens is 412 g/mol. The van der Waals surface area contributed by atoms with Crippen molar-refractivity contribution in [2.75, 3.05) is 11.9 Å². The van der Waals surface area contributed by atoms with Crippen LogP contribution in [-0.4, -0.2) is 32.9 Å². The Morgan fingerprint density at radius 2 is 1.90 bits per heavy atom. The summed E-state index contributed by atoms with van der Waals surface area (Å²) in [4.78, 5) is 18.0. The largest absolute Gasteiger partial charge is 0.478 e. The number of hydrogen-bond acceptors (Lipinski definition) is 4. The monoisotopic (exact) mass is 430 g/mol. The number of hydrogen-bond donors (Lipinski definition) is 1. The third-order valence-electron chi connectivity index (χ3n) is 5.72. The fraction of sp³-hybridized carbons (Fsp3) is 0.125. The van der Waals surface area contributed by atoms with Crippen LogP contribution in [0.4, 0.5) is 11.4 Å². The predicted molar refractivity (Wildman–Crippen MR) is 123 cm³/mol. The number of aryl methyl sites for hydroxylation is 1. The van der Waals surface area contributed by atoms with Gasteiger partial charge in [-0.05, 0) is 41.5 Å². The van der Waals surface area contributed by atoms with Gasteiger partial charge >= 0.3 is 5.97 Å². The lowest BCUT2D eigenvalue weighted by Crippen LogP contribution is -2.11. The Balaban J connectivity index is 1.62. The molecule has 5 rings (SSSR count). The van der Waals surface area contributed by atoms with Crippen molar-refractivity contribution < 1.29 is 9.90 Å². The van der Waals surface area contributed by atoms with E-state index in [-0.39, 0.29) is 5.56 Å². The number of anilines is 2. The highest BCUT2D eigenvalue weighted by Crippen LogP contribution is 2.39. The van der Waals surface area contributed by atoms with Crippen molar-refractivity contribution in [3.8, 4) is 0 Å². The van der Waals surface area contributed by atoms with Crippen LogP contribution >= 0.6 is 11.6 Å². The van der Waals surface area contributed by atoms with Gasteiger partial charge in [0.1, 0.15) is 0 Å². The first kappa shape index (κ1) is 19.3. The van der Waals surface area contributed by atoms with E-state index in [1.54, 1.807) is 6.07 Å². The summed E-state index contributed by atoms with van der Waals surface area (Å²) in [5, 5.41) is 16.0. The van der Waals surface area contributed by atoms with Gasteiger partial charge in [0.15, 0.2) is 0 Å². The predicted octanol–water partition coefficient (Wildman–Crippen LogP) is 5.18. The zero-order valence-corrected chi connectivity index (χ0v) is 17.8. The van der Waals surface area contributed by atoms with Gasteiger partial charge in [-0.15, -0.1) is 0 Å². The van der Waals surface area contributed by atoms with Crippen molar-refractivity contribution in [1.82, 2.24) is 14.8 Å². The van der Waals surface area contributed by atoms with Crippen LogP contribution in [0.15, 0.2) is 54.7 Å². The zero-order valence-electron chi connectivity index (χ0n) is 17.0. The highest BCUT2D eigenvalue weighted by atomic mass is 35.5. The molecule has 0 radical (unpaired) electrons. The van der Waals surface area contributed by atoms with Crippen molar-refractivity contribution in [3.05, 3.63) is 82.3 Å². The third-order valence-corrected chi connectivity index (χ3v) is 6.04. The highest BCUT2D eigenvalue weighted by molar-refractivity contribution is 6.33. The first-order valence-electron chi connectivity index (χ1n) is 9.82. The summed E-state index contributed by atoms with van der Waals surface area (Å²) in [7, 11) is 3.90. The zero-order chi connectivity index (χ0) is 21.7. The summed E-state index contributed by atoms with van der Waals surface area (Å²) in [5.41, 5.74) is 6.36. The second kappa shape index (κ2) is 7.25. The highest BCUT2D eigenvalue weighted by Gasteiger charge is 2.25. The number of aromatic nitrogens is 3. The number of carbonyl (C=O) groups is 1. The van der Waals surface area contributed by atoms with Crippen molar-refractivity contribution in [2.45, 2.75) is 6.42 Å². The summed E-state index contributed by atoms with van der Waals surface area (Å²) >= 11 is 6.43. The second-order valence-electron chi connectivity index (χ2n) is 7.53. The summed E-state index contributed by atoms with van der Waals surface area (Å²) in [6.07, 6.45) is 3.96. The molecule has 4 aromatic rings. The van der Waals surface area contributed by atoms with Crippen LogP contribution in [0.3, 0.4) is 0 Å². The van der Waals surface area contributed by atoms with Crippen LogP contribution < -0.4 is 4.90 Å². The van der Waals surface area contributed by atoms with Gasteiger partial charge in [-0.3, -0.25) is 9.67 Å². The topological polar surface area (TPSA) is 71.2 Å². The molecule has 2 heterocycles. The number of allylic oxidation sites excluding steroid dienone is 1. The van der Waals surface area contributed by atoms with E-state index in [0.29, 0.717) is 17.1 Å². The van der Waals surface area contributed by atoms with E-state index in [1.165, 1.54) is 6.20 Å². The maximum absolute atomic E-state index is 11.6. The minimum Gasteiger partial charge on any atom is -0.478 e. The van der Waals surface area contributed by atoms with Gasteiger partial charge in [0, 0.05) is 32.1 Å². The van der Waals surface area contributed by atoms with Gasteiger partial charge < -0.3 is 10.0 Å². The average Bonchev–Trinajstić information content (AvgIpc) is 3.34. The number of pyridine rings is 1. The molecule has 2 aromatic carbocycles. The fourth-order valence-corrected chi connectivity index (χ4v) is 4.52. The van der Waals surface area contributed by atoms with E-state index in [2.05, 4.69) is 9.88 Å². The number of fused-ring (bicyclic) bond motifs is 2. The lowest BCUT2D eigenvalue weighted by Gasteiger charge is -2.22. The molecule has 0 fully saturated rings. The lowest BCUT2D eigenvalue weighted by atomic mass is 10.0. The van der Waals surface area contributed by atoms with E-state index in [1.807, 2.05) is 67.3 Å². The van der Waals surface area contributed by atoms with Crippen molar-refractivity contribution >= 4 is 51.5 Å². The Kier molecular flexibility index (Phi) is 4.52. The maximum Gasteiger partial charge on any atom is 0.336 e. The Bertz CT molecular complexity index is 1390. The van der Waals surface area contributed by atoms with Crippen LogP contribution in [0.1, 0.15) is 27.3 Å². The number of benzene rings is 2. The number of rotatable bonds is 4. The molecule has 0 aliphatic heterocycles. The molecule has 6 nitrogen and oxygen atoms in total. The van der Waals surface area contributed by atoms with E-state index < -0.39 is 5.97 Å². The number of para-hydroxylation sites is 2. The average molecular weight is 431 g/mol. The molecule has 0 amide bonds. The van der Waals surface area contributed by atoms with Gasteiger partial charge in [-0.1, -0.05) is 35.9 Å². The van der Waals surface area contributed by atoms with Crippen molar-refractivity contribution in [3.63, 3.8) is 0 Å². The number of nitrogens with zero attached hydrogens (tertiary/aromatic N) is 4. The molecule has 1 N–H and O–H groups in total.